The zero-order valence-corrected chi connectivity index (χ0v) is 8.15. The fourth-order valence-electron chi connectivity index (χ4n) is 0.925. The number of benzene rings is 1. The van der Waals surface area contributed by atoms with E-state index < -0.39 is 0 Å². The lowest BCUT2D eigenvalue weighted by Gasteiger charge is -2.07. The average Bonchev–Trinajstić information content (AvgIpc) is 2.01. The van der Waals surface area contributed by atoms with Crippen LogP contribution in [-0.4, -0.2) is 5.11 Å². The molecule has 0 aliphatic heterocycles. The Kier molecular flexibility index (Phi) is 3.39. The van der Waals surface area contributed by atoms with Crippen molar-refractivity contribution in [3.63, 3.8) is 0 Å². The van der Waals surface area contributed by atoms with Gasteiger partial charge in [0.15, 0.2) is 0 Å². The zero-order valence-electron chi connectivity index (χ0n) is 6.64. The Hall–Kier alpha value is -0.240. The van der Waals surface area contributed by atoms with Crippen molar-refractivity contribution in [2.24, 2.45) is 0 Å². The second-order valence-corrected chi connectivity index (χ2v) is 3.33. The minimum absolute atomic E-state index is 0.305. The summed E-state index contributed by atoms with van der Waals surface area (Å²) in [5.41, 5.74) is 0.690. The molecule has 1 aromatic rings. The topological polar surface area (TPSA) is 20.2 Å². The van der Waals surface area contributed by atoms with E-state index in [9.17, 15) is 5.11 Å². The van der Waals surface area contributed by atoms with E-state index >= 15 is 0 Å². The fourth-order valence-corrected chi connectivity index (χ4v) is 1.45. The van der Waals surface area contributed by atoms with Gasteiger partial charge in [0.25, 0.3) is 0 Å². The van der Waals surface area contributed by atoms with Crippen molar-refractivity contribution in [1.29, 1.82) is 0 Å². The van der Waals surface area contributed by atoms with Gasteiger partial charge in [0.2, 0.25) is 0 Å². The van der Waals surface area contributed by atoms with Gasteiger partial charge < -0.3 is 5.11 Å². The van der Waals surface area contributed by atoms with Crippen LogP contribution in [0.4, 0.5) is 0 Å². The van der Waals surface area contributed by atoms with Crippen molar-refractivity contribution in [2.75, 3.05) is 0 Å². The number of hydrogen-bond acceptors (Lipinski definition) is 1. The highest BCUT2D eigenvalue weighted by Gasteiger charge is 2.07. The molecule has 1 aromatic carbocycles. The summed E-state index contributed by atoms with van der Waals surface area (Å²) in [5.74, 6) is 0. The van der Waals surface area contributed by atoms with Crippen LogP contribution >= 0.6 is 23.2 Å². The van der Waals surface area contributed by atoms with Crippen molar-refractivity contribution in [3.8, 4) is 0 Å². The van der Waals surface area contributed by atoms with Gasteiger partial charge in [0.1, 0.15) is 6.10 Å². The zero-order chi connectivity index (χ0) is 9.14. The van der Waals surface area contributed by atoms with Gasteiger partial charge in [-0.1, -0.05) is 30.1 Å². The fraction of sp³-hybridized carbons (Fsp3) is 0.222. The lowest BCUT2D eigenvalue weighted by atomic mass is 10.1. The third kappa shape index (κ3) is 2.37. The SMILES string of the molecule is CC[C](O)c1cc(Cl)cc(Cl)c1. The Labute approximate surface area is 81.9 Å². The van der Waals surface area contributed by atoms with E-state index in [0.29, 0.717) is 28.1 Å². The summed E-state index contributed by atoms with van der Waals surface area (Å²) in [7, 11) is 0. The van der Waals surface area contributed by atoms with Gasteiger partial charge >= 0.3 is 0 Å². The Morgan fingerprint density at radius 1 is 1.25 bits per heavy atom. The molecule has 3 heteroatoms. The first-order valence-electron chi connectivity index (χ1n) is 3.64. The number of rotatable bonds is 2. The van der Waals surface area contributed by atoms with Crippen molar-refractivity contribution in [3.05, 3.63) is 39.9 Å². The molecule has 0 heterocycles. The Bertz CT molecular complexity index is 253. The smallest absolute Gasteiger partial charge is 0.122 e. The lowest BCUT2D eigenvalue weighted by Crippen LogP contribution is -1.95. The van der Waals surface area contributed by atoms with E-state index in [1.165, 1.54) is 0 Å². The maximum absolute atomic E-state index is 9.38. The summed E-state index contributed by atoms with van der Waals surface area (Å²) in [4.78, 5) is 0. The number of aliphatic hydroxyl groups excluding tert-OH is 1. The van der Waals surface area contributed by atoms with Crippen molar-refractivity contribution in [2.45, 2.75) is 13.3 Å². The third-order valence-corrected chi connectivity index (χ3v) is 1.97. The van der Waals surface area contributed by atoms with Crippen LogP contribution in [0.2, 0.25) is 10.0 Å². The monoisotopic (exact) mass is 203 g/mol. The van der Waals surface area contributed by atoms with Crippen LogP contribution < -0.4 is 0 Å². The summed E-state index contributed by atoms with van der Waals surface area (Å²) >= 11 is 11.5. The highest BCUT2D eigenvalue weighted by Crippen LogP contribution is 2.24. The molecule has 0 aromatic heterocycles. The van der Waals surface area contributed by atoms with E-state index in [-0.39, 0.29) is 0 Å². The van der Waals surface area contributed by atoms with Gasteiger partial charge in [-0.25, -0.2) is 0 Å². The van der Waals surface area contributed by atoms with E-state index in [4.69, 9.17) is 23.2 Å². The molecule has 0 amide bonds. The van der Waals surface area contributed by atoms with Gasteiger partial charge in [0, 0.05) is 10.0 Å². The van der Waals surface area contributed by atoms with Gasteiger partial charge in [-0.05, 0) is 30.2 Å². The maximum Gasteiger partial charge on any atom is 0.122 e. The molecule has 1 N–H and O–H groups in total. The van der Waals surface area contributed by atoms with Crippen molar-refractivity contribution < 1.29 is 5.11 Å². The summed E-state index contributed by atoms with van der Waals surface area (Å²) in [5, 5.41) is 10.5. The highest BCUT2D eigenvalue weighted by molar-refractivity contribution is 6.34. The van der Waals surface area contributed by atoms with Crippen LogP contribution in [0.3, 0.4) is 0 Å². The van der Waals surface area contributed by atoms with Crippen LogP contribution in [-0.2, 0) is 0 Å². The second-order valence-electron chi connectivity index (χ2n) is 2.46. The molecular weight excluding hydrogens is 195 g/mol. The van der Waals surface area contributed by atoms with Gasteiger partial charge in [-0.15, -0.1) is 0 Å². The van der Waals surface area contributed by atoms with Gasteiger partial charge in [0.05, 0.1) is 0 Å². The predicted octanol–water partition coefficient (Wildman–Crippen LogP) is 3.66. The van der Waals surface area contributed by atoms with Gasteiger partial charge in [-0.3, -0.25) is 0 Å². The van der Waals surface area contributed by atoms with Gasteiger partial charge in [-0.2, -0.15) is 0 Å². The van der Waals surface area contributed by atoms with Crippen LogP contribution in [0, 0.1) is 6.10 Å². The number of aliphatic hydroxyl groups is 1. The first-order valence-corrected chi connectivity index (χ1v) is 4.40. The quantitative estimate of drug-likeness (QED) is 0.779. The molecule has 0 aliphatic carbocycles. The molecule has 0 saturated carbocycles. The molecule has 0 saturated heterocycles. The minimum atomic E-state index is 0.305. The van der Waals surface area contributed by atoms with E-state index in [1.54, 1.807) is 18.2 Å². The summed E-state index contributed by atoms with van der Waals surface area (Å²) in [6, 6.07) is 5.01. The molecular formula is C9H9Cl2O. The van der Waals surface area contributed by atoms with E-state index in [0.717, 1.165) is 0 Å². The predicted molar refractivity (Wildman–Crippen MR) is 51.0 cm³/mol. The summed E-state index contributed by atoms with van der Waals surface area (Å²) in [6.07, 6.45) is 0.885. The van der Waals surface area contributed by atoms with Crippen molar-refractivity contribution in [1.82, 2.24) is 0 Å². The Morgan fingerprint density at radius 3 is 2.17 bits per heavy atom. The molecule has 1 radical (unpaired) electrons. The molecule has 1 rings (SSSR count). The average molecular weight is 204 g/mol. The summed E-state index contributed by atoms with van der Waals surface area (Å²) in [6.45, 7) is 1.87. The van der Waals surface area contributed by atoms with Crippen molar-refractivity contribution >= 4 is 23.2 Å². The largest absolute Gasteiger partial charge is 0.382 e. The normalized spacial score (nSPS) is 10.8. The Balaban J connectivity index is 3.00. The Morgan fingerprint density at radius 2 is 1.75 bits per heavy atom. The maximum atomic E-state index is 9.38. The number of halogens is 2. The molecule has 0 spiro atoms. The first-order chi connectivity index (χ1) is 5.63. The highest BCUT2D eigenvalue weighted by atomic mass is 35.5. The molecule has 12 heavy (non-hydrogen) atoms. The van der Waals surface area contributed by atoms with Crippen LogP contribution in [0.1, 0.15) is 18.9 Å². The van der Waals surface area contributed by atoms with Crippen LogP contribution in [0.25, 0.3) is 0 Å². The minimum Gasteiger partial charge on any atom is -0.382 e. The molecule has 1 nitrogen and oxygen atoms in total. The second kappa shape index (κ2) is 4.13. The molecule has 65 valence electrons. The van der Waals surface area contributed by atoms with Crippen LogP contribution in [0.5, 0.6) is 0 Å². The summed E-state index contributed by atoms with van der Waals surface area (Å²) < 4.78 is 0. The van der Waals surface area contributed by atoms with E-state index in [1.807, 2.05) is 6.92 Å². The van der Waals surface area contributed by atoms with E-state index in [2.05, 4.69) is 0 Å². The molecule has 0 unspecified atom stereocenters. The molecule has 0 fully saturated rings. The first kappa shape index (κ1) is 9.85. The molecule has 0 atom stereocenters. The number of hydrogen-bond donors (Lipinski definition) is 1. The molecule has 0 aliphatic rings. The lowest BCUT2D eigenvalue weighted by molar-refractivity contribution is 0.319. The molecule has 0 bridgehead atoms. The van der Waals surface area contributed by atoms with Crippen LogP contribution in [0.15, 0.2) is 18.2 Å². The standard InChI is InChI=1S/C9H9Cl2O/c1-2-9(12)6-3-7(10)5-8(11)4-6/h3-5,12H,2H2,1H3. The third-order valence-electron chi connectivity index (χ3n) is 1.53.